The molecular formula is C25H28N2O5S. The average molecular weight is 469 g/mol. The molecule has 0 aliphatic heterocycles. The number of anilines is 1. The van der Waals surface area contributed by atoms with Crippen molar-refractivity contribution in [3.63, 3.8) is 0 Å². The fourth-order valence-electron chi connectivity index (χ4n) is 3.36. The third-order valence-electron chi connectivity index (χ3n) is 4.99. The van der Waals surface area contributed by atoms with Crippen molar-refractivity contribution in [1.29, 1.82) is 0 Å². The van der Waals surface area contributed by atoms with Gasteiger partial charge in [-0.3, -0.25) is 9.59 Å². The van der Waals surface area contributed by atoms with Gasteiger partial charge in [-0.05, 0) is 60.2 Å². The number of carbonyl (C=O) groups is 2. The third-order valence-corrected chi connectivity index (χ3v) is 5.93. The topological polar surface area (TPSA) is 85.9 Å². The first-order valence-corrected chi connectivity index (χ1v) is 11.4. The Morgan fingerprint density at radius 2 is 1.70 bits per heavy atom. The van der Waals surface area contributed by atoms with Crippen LogP contribution in [0.25, 0.3) is 0 Å². The zero-order valence-corrected chi connectivity index (χ0v) is 19.8. The summed E-state index contributed by atoms with van der Waals surface area (Å²) in [6, 6.07) is 14.5. The minimum absolute atomic E-state index is 0.0680. The zero-order chi connectivity index (χ0) is 23.6. The van der Waals surface area contributed by atoms with Crippen LogP contribution in [0.15, 0.2) is 53.9 Å². The number of thiophene rings is 1. The molecule has 33 heavy (non-hydrogen) atoms. The van der Waals surface area contributed by atoms with Crippen molar-refractivity contribution in [1.82, 2.24) is 5.32 Å². The molecule has 0 unspecified atom stereocenters. The van der Waals surface area contributed by atoms with Crippen LogP contribution >= 0.6 is 11.3 Å². The number of nitrogens with one attached hydrogen (secondary N) is 2. The highest BCUT2D eigenvalue weighted by atomic mass is 32.1. The lowest BCUT2D eigenvalue weighted by Crippen LogP contribution is -2.23. The minimum Gasteiger partial charge on any atom is -0.493 e. The predicted octanol–water partition coefficient (Wildman–Crippen LogP) is 4.67. The van der Waals surface area contributed by atoms with Crippen LogP contribution in [-0.4, -0.2) is 33.1 Å². The molecule has 0 aliphatic rings. The molecule has 0 fully saturated rings. The number of benzene rings is 2. The van der Waals surface area contributed by atoms with Crippen LogP contribution < -0.4 is 24.8 Å². The SMILES string of the molecule is COc1cc(CNC(=O)c2cccc(NC(=O)CCCc3cccs3)c2)cc(OC)c1OC. The summed E-state index contributed by atoms with van der Waals surface area (Å²) in [5, 5.41) is 7.79. The molecular weight excluding hydrogens is 440 g/mol. The van der Waals surface area contributed by atoms with Crippen LogP contribution in [-0.2, 0) is 17.8 Å². The Labute approximate surface area is 197 Å². The molecule has 1 aromatic heterocycles. The number of ether oxygens (including phenoxy) is 3. The van der Waals surface area contributed by atoms with Gasteiger partial charge in [-0.25, -0.2) is 0 Å². The summed E-state index contributed by atoms with van der Waals surface area (Å²) in [7, 11) is 4.63. The van der Waals surface area contributed by atoms with Crippen LogP contribution in [0.2, 0.25) is 0 Å². The Balaban J connectivity index is 1.56. The van der Waals surface area contributed by atoms with E-state index >= 15 is 0 Å². The molecule has 0 saturated heterocycles. The van der Waals surface area contributed by atoms with E-state index in [0.29, 0.717) is 34.9 Å². The highest BCUT2D eigenvalue weighted by Gasteiger charge is 2.14. The molecule has 0 saturated carbocycles. The molecule has 1 heterocycles. The van der Waals surface area contributed by atoms with Gasteiger partial charge in [0, 0.05) is 29.1 Å². The van der Waals surface area contributed by atoms with E-state index in [9.17, 15) is 9.59 Å². The van der Waals surface area contributed by atoms with Crippen molar-refractivity contribution in [2.75, 3.05) is 26.6 Å². The zero-order valence-electron chi connectivity index (χ0n) is 19.0. The van der Waals surface area contributed by atoms with Gasteiger partial charge in [0.1, 0.15) is 0 Å². The van der Waals surface area contributed by atoms with Crippen LogP contribution in [0.1, 0.15) is 33.6 Å². The standard InChI is InChI=1S/C25H28N2O5S/c1-30-21-13-17(14-22(31-2)24(21)32-3)16-26-25(29)18-7-4-8-19(15-18)27-23(28)11-5-9-20-10-6-12-33-20/h4,6-8,10,12-15H,5,9,11,16H2,1-3H3,(H,26,29)(H,27,28). The number of hydrogen-bond donors (Lipinski definition) is 2. The second kappa shape index (κ2) is 11.9. The number of aryl methyl sites for hydroxylation is 1. The van der Waals surface area contributed by atoms with Crippen LogP contribution in [0.3, 0.4) is 0 Å². The van der Waals surface area contributed by atoms with Crippen LogP contribution in [0.5, 0.6) is 17.2 Å². The van der Waals surface area contributed by atoms with Gasteiger partial charge in [-0.15, -0.1) is 11.3 Å². The molecule has 7 nitrogen and oxygen atoms in total. The summed E-state index contributed by atoms with van der Waals surface area (Å²) in [6.45, 7) is 0.273. The first kappa shape index (κ1) is 24.1. The lowest BCUT2D eigenvalue weighted by atomic mass is 10.1. The average Bonchev–Trinajstić information content (AvgIpc) is 3.35. The molecule has 0 aliphatic carbocycles. The lowest BCUT2D eigenvalue weighted by molar-refractivity contribution is -0.116. The minimum atomic E-state index is -0.252. The number of methoxy groups -OCH3 is 3. The summed E-state index contributed by atoms with van der Waals surface area (Å²) in [5.74, 6) is 1.21. The fourth-order valence-corrected chi connectivity index (χ4v) is 4.11. The first-order chi connectivity index (χ1) is 16.0. The summed E-state index contributed by atoms with van der Waals surface area (Å²) >= 11 is 1.70. The number of amides is 2. The van der Waals surface area contributed by atoms with Crippen molar-refractivity contribution >= 4 is 28.8 Å². The largest absolute Gasteiger partial charge is 0.493 e. The van der Waals surface area contributed by atoms with E-state index in [1.807, 2.05) is 11.4 Å². The quantitative estimate of drug-likeness (QED) is 0.427. The molecule has 0 radical (unpaired) electrons. The van der Waals surface area contributed by atoms with E-state index in [0.717, 1.165) is 18.4 Å². The Morgan fingerprint density at radius 3 is 2.33 bits per heavy atom. The Morgan fingerprint density at radius 1 is 0.939 bits per heavy atom. The normalized spacial score (nSPS) is 10.4. The van der Waals surface area contributed by atoms with E-state index in [1.54, 1.807) is 62.0 Å². The van der Waals surface area contributed by atoms with Gasteiger partial charge in [-0.1, -0.05) is 12.1 Å². The molecule has 3 aromatic rings. The van der Waals surface area contributed by atoms with Crippen LogP contribution in [0.4, 0.5) is 5.69 Å². The number of rotatable bonds is 11. The van der Waals surface area contributed by atoms with Crippen molar-refractivity contribution in [2.45, 2.75) is 25.8 Å². The molecule has 174 valence electrons. The Kier molecular flexibility index (Phi) is 8.71. The summed E-state index contributed by atoms with van der Waals surface area (Å²) in [6.07, 6.45) is 2.09. The van der Waals surface area contributed by atoms with E-state index in [1.165, 1.54) is 12.0 Å². The van der Waals surface area contributed by atoms with Crippen molar-refractivity contribution in [3.05, 3.63) is 69.9 Å². The Hall–Kier alpha value is -3.52. The van der Waals surface area contributed by atoms with E-state index in [4.69, 9.17) is 14.2 Å². The van der Waals surface area contributed by atoms with Gasteiger partial charge in [0.25, 0.3) is 5.91 Å². The van der Waals surface area contributed by atoms with E-state index < -0.39 is 0 Å². The highest BCUT2D eigenvalue weighted by Crippen LogP contribution is 2.38. The smallest absolute Gasteiger partial charge is 0.251 e. The summed E-state index contributed by atoms with van der Waals surface area (Å²) < 4.78 is 16.0. The van der Waals surface area contributed by atoms with Gasteiger partial charge >= 0.3 is 0 Å². The second-order valence-electron chi connectivity index (χ2n) is 7.28. The van der Waals surface area contributed by atoms with E-state index in [-0.39, 0.29) is 18.4 Å². The third kappa shape index (κ3) is 6.73. The molecule has 0 atom stereocenters. The van der Waals surface area contributed by atoms with Gasteiger partial charge in [0.2, 0.25) is 11.7 Å². The maximum atomic E-state index is 12.7. The van der Waals surface area contributed by atoms with Crippen LogP contribution in [0, 0.1) is 0 Å². The summed E-state index contributed by atoms with van der Waals surface area (Å²) in [5.41, 5.74) is 1.85. The Bertz CT molecular complexity index is 1060. The second-order valence-corrected chi connectivity index (χ2v) is 8.31. The summed E-state index contributed by atoms with van der Waals surface area (Å²) in [4.78, 5) is 26.2. The molecule has 2 N–H and O–H groups in total. The highest BCUT2D eigenvalue weighted by molar-refractivity contribution is 7.09. The van der Waals surface area contributed by atoms with Gasteiger partial charge in [-0.2, -0.15) is 0 Å². The molecule has 2 aromatic carbocycles. The van der Waals surface area contributed by atoms with Crippen molar-refractivity contribution in [2.24, 2.45) is 0 Å². The number of carbonyl (C=O) groups excluding carboxylic acids is 2. The monoisotopic (exact) mass is 468 g/mol. The number of hydrogen-bond acceptors (Lipinski definition) is 6. The van der Waals surface area contributed by atoms with Gasteiger partial charge in [0.15, 0.2) is 11.5 Å². The van der Waals surface area contributed by atoms with Crippen molar-refractivity contribution < 1.29 is 23.8 Å². The maximum Gasteiger partial charge on any atom is 0.251 e. The van der Waals surface area contributed by atoms with Crippen molar-refractivity contribution in [3.8, 4) is 17.2 Å². The maximum absolute atomic E-state index is 12.7. The first-order valence-electron chi connectivity index (χ1n) is 10.5. The molecule has 8 heteroatoms. The van der Waals surface area contributed by atoms with Gasteiger partial charge < -0.3 is 24.8 Å². The molecule has 0 spiro atoms. The predicted molar refractivity (Wildman–Crippen MR) is 130 cm³/mol. The molecule has 2 amide bonds. The van der Waals surface area contributed by atoms with E-state index in [2.05, 4.69) is 16.7 Å². The fraction of sp³-hybridized carbons (Fsp3) is 0.280. The van der Waals surface area contributed by atoms with Gasteiger partial charge in [0.05, 0.1) is 21.3 Å². The lowest BCUT2D eigenvalue weighted by Gasteiger charge is -2.14. The molecule has 3 rings (SSSR count). The molecule has 0 bridgehead atoms.